The Labute approximate surface area is 168 Å². The molecule has 28 heavy (non-hydrogen) atoms. The molecule has 0 bridgehead atoms. The molecule has 4 nitrogen and oxygen atoms in total. The first kappa shape index (κ1) is 18.6. The average Bonchev–Trinajstić information content (AvgIpc) is 3.14. The number of aromatic nitrogens is 2. The van der Waals surface area contributed by atoms with Crippen molar-refractivity contribution in [1.29, 1.82) is 0 Å². The van der Waals surface area contributed by atoms with Gasteiger partial charge in [0.1, 0.15) is 5.82 Å². The van der Waals surface area contributed by atoms with Gasteiger partial charge in [0.2, 0.25) is 0 Å². The van der Waals surface area contributed by atoms with E-state index in [4.69, 9.17) is 0 Å². The number of Topliss-reactive ketones (excluding diaryl/α,β-unsaturated/α-hetero) is 1. The summed E-state index contributed by atoms with van der Waals surface area (Å²) in [6, 6.07) is 16.7. The predicted octanol–water partition coefficient (Wildman–Crippen LogP) is 4.87. The number of thioether (sulfide) groups is 1. The van der Waals surface area contributed by atoms with Gasteiger partial charge in [-0.15, -0.1) is 11.3 Å². The van der Waals surface area contributed by atoms with Crippen molar-refractivity contribution >= 4 is 39.8 Å². The van der Waals surface area contributed by atoms with Crippen LogP contribution in [0.4, 0.5) is 4.39 Å². The molecule has 140 valence electrons. The normalized spacial score (nSPS) is 11.1. The fraction of sp³-hybridized carbons (Fsp3) is 0.0952. The van der Waals surface area contributed by atoms with Crippen LogP contribution in [0, 0.1) is 12.7 Å². The van der Waals surface area contributed by atoms with Crippen molar-refractivity contribution in [2.45, 2.75) is 12.1 Å². The highest BCUT2D eigenvalue weighted by Gasteiger charge is 2.17. The van der Waals surface area contributed by atoms with E-state index in [1.807, 2.05) is 13.0 Å². The van der Waals surface area contributed by atoms with Crippen molar-refractivity contribution in [2.75, 3.05) is 5.75 Å². The Morgan fingerprint density at radius 3 is 2.61 bits per heavy atom. The van der Waals surface area contributed by atoms with Gasteiger partial charge in [-0.25, -0.2) is 9.37 Å². The van der Waals surface area contributed by atoms with E-state index in [1.54, 1.807) is 42.5 Å². The second kappa shape index (κ2) is 7.69. The summed E-state index contributed by atoms with van der Waals surface area (Å²) in [4.78, 5) is 31.8. The molecule has 0 unspecified atom stereocenters. The maximum absolute atomic E-state index is 14.4. The van der Waals surface area contributed by atoms with Crippen LogP contribution >= 0.6 is 23.1 Å². The van der Waals surface area contributed by atoms with Crippen LogP contribution in [0.3, 0.4) is 0 Å². The van der Waals surface area contributed by atoms with Gasteiger partial charge in [0.15, 0.2) is 10.9 Å². The molecule has 0 radical (unpaired) electrons. The fourth-order valence-corrected chi connectivity index (χ4v) is 4.63. The van der Waals surface area contributed by atoms with E-state index < -0.39 is 5.82 Å². The fourth-order valence-electron chi connectivity index (χ4n) is 2.84. The summed E-state index contributed by atoms with van der Waals surface area (Å²) in [5.41, 5.74) is 0.271. The van der Waals surface area contributed by atoms with Crippen molar-refractivity contribution in [3.05, 3.63) is 86.6 Å². The molecule has 0 fully saturated rings. The summed E-state index contributed by atoms with van der Waals surface area (Å²) in [6.45, 7) is 1.94. The number of carbonyl (C=O) groups is 1. The Kier molecular flexibility index (Phi) is 5.11. The third-order valence-corrected chi connectivity index (χ3v) is 6.17. The molecule has 2 aromatic heterocycles. The second-order valence-electron chi connectivity index (χ2n) is 6.13. The number of fused-ring (bicyclic) bond motifs is 1. The molecule has 4 rings (SSSR count). The highest BCUT2D eigenvalue weighted by atomic mass is 32.2. The van der Waals surface area contributed by atoms with Gasteiger partial charge in [-0.3, -0.25) is 14.2 Å². The minimum Gasteiger partial charge on any atom is -0.292 e. The minimum absolute atomic E-state index is 0.0504. The monoisotopic (exact) mass is 410 g/mol. The van der Waals surface area contributed by atoms with E-state index >= 15 is 0 Å². The quantitative estimate of drug-likeness (QED) is 0.268. The third kappa shape index (κ3) is 3.50. The Morgan fingerprint density at radius 1 is 1.11 bits per heavy atom. The van der Waals surface area contributed by atoms with Crippen molar-refractivity contribution < 1.29 is 9.18 Å². The van der Waals surface area contributed by atoms with E-state index in [9.17, 15) is 14.0 Å². The van der Waals surface area contributed by atoms with E-state index in [1.165, 1.54) is 28.0 Å². The number of benzene rings is 2. The van der Waals surface area contributed by atoms with E-state index in [0.29, 0.717) is 15.8 Å². The average molecular weight is 410 g/mol. The number of para-hydroxylation sites is 2. The summed E-state index contributed by atoms with van der Waals surface area (Å²) in [7, 11) is 0. The van der Waals surface area contributed by atoms with Gasteiger partial charge in [-0.05, 0) is 43.3 Å². The standard InChI is InChI=1S/C21H15FN2O2S2/c1-13-10-11-19(28-13)18(25)12-27-21-23-16-8-4-2-6-14(16)20(26)24(21)17-9-5-3-7-15(17)22/h2-11H,12H2,1H3. The van der Waals surface area contributed by atoms with Gasteiger partial charge in [0.05, 0.1) is 27.2 Å². The van der Waals surface area contributed by atoms with Gasteiger partial charge >= 0.3 is 0 Å². The molecule has 0 saturated carbocycles. The van der Waals surface area contributed by atoms with Crippen LogP contribution in [0.5, 0.6) is 0 Å². The highest BCUT2D eigenvalue weighted by molar-refractivity contribution is 7.99. The van der Waals surface area contributed by atoms with Gasteiger partial charge < -0.3 is 0 Å². The van der Waals surface area contributed by atoms with Crippen LogP contribution in [0.15, 0.2) is 70.6 Å². The molecule has 2 heterocycles. The maximum Gasteiger partial charge on any atom is 0.266 e. The first-order chi connectivity index (χ1) is 13.5. The Bertz CT molecular complexity index is 1250. The van der Waals surface area contributed by atoms with Gasteiger partial charge in [-0.2, -0.15) is 0 Å². The SMILES string of the molecule is Cc1ccc(C(=O)CSc2nc3ccccc3c(=O)n2-c2ccccc2F)s1. The van der Waals surface area contributed by atoms with Crippen LogP contribution in [0.2, 0.25) is 0 Å². The van der Waals surface area contributed by atoms with E-state index in [-0.39, 0.29) is 27.9 Å². The number of thiophene rings is 1. The Balaban J connectivity index is 1.80. The number of ketones is 1. The molecule has 2 aromatic carbocycles. The van der Waals surface area contributed by atoms with Gasteiger partial charge in [-0.1, -0.05) is 36.0 Å². The molecular weight excluding hydrogens is 395 g/mol. The van der Waals surface area contributed by atoms with Crippen LogP contribution in [-0.2, 0) is 0 Å². The van der Waals surface area contributed by atoms with Crippen molar-refractivity contribution in [1.82, 2.24) is 9.55 Å². The number of nitrogens with zero attached hydrogens (tertiary/aromatic N) is 2. The smallest absolute Gasteiger partial charge is 0.266 e. The largest absolute Gasteiger partial charge is 0.292 e. The zero-order valence-electron chi connectivity index (χ0n) is 14.9. The first-order valence-electron chi connectivity index (χ1n) is 8.54. The molecule has 0 saturated heterocycles. The molecule has 0 N–H and O–H groups in total. The molecule has 0 atom stereocenters. The topological polar surface area (TPSA) is 52.0 Å². The zero-order chi connectivity index (χ0) is 19.7. The predicted molar refractivity (Wildman–Crippen MR) is 111 cm³/mol. The second-order valence-corrected chi connectivity index (χ2v) is 8.36. The molecule has 4 aromatic rings. The number of carbonyl (C=O) groups excluding carboxylic acids is 1. The summed E-state index contributed by atoms with van der Waals surface area (Å²) in [5.74, 6) is -0.464. The Hall–Kier alpha value is -2.77. The summed E-state index contributed by atoms with van der Waals surface area (Å²) >= 11 is 2.56. The highest BCUT2D eigenvalue weighted by Crippen LogP contribution is 2.25. The molecule has 7 heteroatoms. The molecule has 0 amide bonds. The van der Waals surface area contributed by atoms with Crippen LogP contribution in [0.25, 0.3) is 16.6 Å². The first-order valence-corrected chi connectivity index (χ1v) is 10.3. The van der Waals surface area contributed by atoms with Crippen LogP contribution in [0.1, 0.15) is 14.5 Å². The molecule has 0 aliphatic rings. The van der Waals surface area contributed by atoms with Crippen LogP contribution in [-0.4, -0.2) is 21.1 Å². The lowest BCUT2D eigenvalue weighted by Gasteiger charge is -2.13. The lowest BCUT2D eigenvalue weighted by molar-refractivity contribution is 0.102. The van der Waals surface area contributed by atoms with E-state index in [2.05, 4.69) is 4.98 Å². The molecule has 0 aliphatic carbocycles. The molecule has 0 spiro atoms. The van der Waals surface area contributed by atoms with Crippen molar-refractivity contribution in [3.8, 4) is 5.69 Å². The lowest BCUT2D eigenvalue weighted by atomic mass is 10.2. The number of hydrogen-bond donors (Lipinski definition) is 0. The zero-order valence-corrected chi connectivity index (χ0v) is 16.5. The van der Waals surface area contributed by atoms with Crippen LogP contribution < -0.4 is 5.56 Å². The summed E-state index contributed by atoms with van der Waals surface area (Å²) in [5, 5.41) is 0.686. The number of rotatable bonds is 5. The number of halogens is 1. The van der Waals surface area contributed by atoms with Crippen molar-refractivity contribution in [3.63, 3.8) is 0 Å². The van der Waals surface area contributed by atoms with Gasteiger partial charge in [0.25, 0.3) is 5.56 Å². The maximum atomic E-state index is 14.4. The summed E-state index contributed by atoms with van der Waals surface area (Å²) < 4.78 is 15.7. The lowest BCUT2D eigenvalue weighted by Crippen LogP contribution is -2.23. The molecular formula is C21H15FN2O2S2. The number of hydrogen-bond acceptors (Lipinski definition) is 5. The van der Waals surface area contributed by atoms with Crippen molar-refractivity contribution in [2.24, 2.45) is 0 Å². The van der Waals surface area contributed by atoms with Gasteiger partial charge in [0, 0.05) is 4.88 Å². The minimum atomic E-state index is -0.524. The third-order valence-electron chi connectivity index (χ3n) is 4.19. The molecule has 0 aliphatic heterocycles. The van der Waals surface area contributed by atoms with E-state index in [0.717, 1.165) is 16.6 Å². The summed E-state index contributed by atoms with van der Waals surface area (Å²) in [6.07, 6.45) is 0. The number of aryl methyl sites for hydroxylation is 1. The Morgan fingerprint density at radius 2 is 1.86 bits per heavy atom.